The van der Waals surface area contributed by atoms with E-state index in [0.29, 0.717) is 6.10 Å². The summed E-state index contributed by atoms with van der Waals surface area (Å²) in [5.41, 5.74) is 1.26. The maximum atomic E-state index is 5.52. The van der Waals surface area contributed by atoms with Crippen molar-refractivity contribution in [3.63, 3.8) is 0 Å². The second-order valence-corrected chi connectivity index (χ2v) is 5.31. The van der Waals surface area contributed by atoms with Crippen molar-refractivity contribution in [1.29, 1.82) is 0 Å². The number of nitrogens with one attached hydrogen (secondary N) is 2. The molecule has 21 heavy (non-hydrogen) atoms. The molecule has 1 atom stereocenters. The van der Waals surface area contributed by atoms with Crippen molar-refractivity contribution in [2.75, 3.05) is 19.7 Å². The van der Waals surface area contributed by atoms with Gasteiger partial charge in [-0.1, -0.05) is 30.3 Å². The van der Waals surface area contributed by atoms with Crippen LogP contribution in [-0.4, -0.2) is 31.8 Å². The molecule has 4 nitrogen and oxygen atoms in total. The number of nitrogens with zero attached hydrogens (tertiary/aromatic N) is 1. The summed E-state index contributed by atoms with van der Waals surface area (Å²) in [6, 6.07) is 10.6. The van der Waals surface area contributed by atoms with Crippen LogP contribution in [0.3, 0.4) is 0 Å². The van der Waals surface area contributed by atoms with Crippen molar-refractivity contribution in [3.05, 3.63) is 35.9 Å². The molecule has 0 spiro atoms. The molecule has 2 N–H and O–H groups in total. The Hall–Kier alpha value is -1.55. The topological polar surface area (TPSA) is 45.7 Å². The third-order valence-corrected chi connectivity index (χ3v) is 3.02. The van der Waals surface area contributed by atoms with Crippen LogP contribution in [0.2, 0.25) is 0 Å². The summed E-state index contributed by atoms with van der Waals surface area (Å²) >= 11 is 0. The summed E-state index contributed by atoms with van der Waals surface area (Å²) in [6.07, 6.45) is 1.23. The van der Waals surface area contributed by atoms with E-state index in [1.807, 2.05) is 6.07 Å². The average molecular weight is 291 g/mol. The van der Waals surface area contributed by atoms with Crippen molar-refractivity contribution in [3.8, 4) is 0 Å². The minimum absolute atomic E-state index is 0.232. The molecule has 0 aromatic heterocycles. The maximum Gasteiger partial charge on any atom is 0.191 e. The largest absolute Gasteiger partial charge is 0.379 e. The Bertz CT molecular complexity index is 404. The van der Waals surface area contributed by atoms with E-state index < -0.39 is 0 Å². The van der Waals surface area contributed by atoms with E-state index in [2.05, 4.69) is 67.6 Å². The van der Waals surface area contributed by atoms with Crippen molar-refractivity contribution in [2.45, 2.75) is 46.3 Å². The fraction of sp³-hybridized carbons (Fsp3) is 0.588. The van der Waals surface area contributed by atoms with Crippen molar-refractivity contribution >= 4 is 5.96 Å². The van der Waals surface area contributed by atoms with E-state index in [4.69, 9.17) is 4.74 Å². The highest BCUT2D eigenvalue weighted by Gasteiger charge is 2.06. The van der Waals surface area contributed by atoms with Crippen LogP contribution in [0.1, 0.15) is 45.7 Å². The first-order valence-corrected chi connectivity index (χ1v) is 7.84. The zero-order chi connectivity index (χ0) is 15.5. The third-order valence-electron chi connectivity index (χ3n) is 3.02. The predicted octanol–water partition coefficient (Wildman–Crippen LogP) is 3.12. The van der Waals surface area contributed by atoms with E-state index in [9.17, 15) is 0 Å². The van der Waals surface area contributed by atoms with Gasteiger partial charge in [-0.2, -0.15) is 0 Å². The molecule has 1 unspecified atom stereocenters. The molecule has 0 heterocycles. The fourth-order valence-corrected chi connectivity index (χ4v) is 1.92. The molecule has 0 bridgehead atoms. The number of hydrogen-bond donors (Lipinski definition) is 2. The summed E-state index contributed by atoms with van der Waals surface area (Å²) in [5, 5.41) is 6.71. The van der Waals surface area contributed by atoms with Gasteiger partial charge < -0.3 is 15.4 Å². The summed E-state index contributed by atoms with van der Waals surface area (Å²) in [5.74, 6) is 0.860. The number of rotatable bonds is 8. The SMILES string of the molecule is CCNC(=NCCCOC(C)C)NC(C)c1ccccc1. The van der Waals surface area contributed by atoms with E-state index in [0.717, 1.165) is 32.1 Å². The Morgan fingerprint density at radius 3 is 2.52 bits per heavy atom. The molecular formula is C17H29N3O. The molecule has 0 aliphatic rings. The summed E-state index contributed by atoms with van der Waals surface area (Å²) in [6.45, 7) is 10.7. The van der Waals surface area contributed by atoms with Crippen LogP contribution in [0, 0.1) is 0 Å². The Kier molecular flexibility index (Phi) is 8.51. The molecule has 0 radical (unpaired) electrons. The van der Waals surface area contributed by atoms with Gasteiger partial charge in [0.05, 0.1) is 12.1 Å². The van der Waals surface area contributed by atoms with Gasteiger partial charge in [0.2, 0.25) is 0 Å². The van der Waals surface area contributed by atoms with Gasteiger partial charge in [-0.3, -0.25) is 4.99 Å². The monoisotopic (exact) mass is 291 g/mol. The van der Waals surface area contributed by atoms with Crippen molar-refractivity contribution in [2.24, 2.45) is 4.99 Å². The van der Waals surface area contributed by atoms with Crippen molar-refractivity contribution in [1.82, 2.24) is 10.6 Å². The first kappa shape index (κ1) is 17.5. The zero-order valence-corrected chi connectivity index (χ0v) is 13.7. The highest BCUT2D eigenvalue weighted by molar-refractivity contribution is 5.80. The lowest BCUT2D eigenvalue weighted by Gasteiger charge is -2.18. The Labute approximate surface area is 129 Å². The molecule has 1 aromatic carbocycles. The summed E-state index contributed by atoms with van der Waals surface area (Å²) in [4.78, 5) is 4.59. The standard InChI is InChI=1S/C17H29N3O/c1-5-18-17(19-12-9-13-21-14(2)3)20-15(4)16-10-7-6-8-11-16/h6-8,10-11,14-15H,5,9,12-13H2,1-4H3,(H2,18,19,20). The third kappa shape index (κ3) is 7.71. The van der Waals surface area contributed by atoms with Crippen LogP contribution in [-0.2, 0) is 4.74 Å². The molecule has 0 fully saturated rings. The number of hydrogen-bond acceptors (Lipinski definition) is 2. The van der Waals surface area contributed by atoms with Gasteiger partial charge in [0, 0.05) is 19.7 Å². The highest BCUT2D eigenvalue weighted by atomic mass is 16.5. The molecule has 0 saturated carbocycles. The van der Waals surface area contributed by atoms with E-state index in [1.165, 1.54) is 5.56 Å². The molecule has 0 aliphatic heterocycles. The van der Waals surface area contributed by atoms with E-state index in [1.54, 1.807) is 0 Å². The van der Waals surface area contributed by atoms with Gasteiger partial charge in [0.25, 0.3) is 0 Å². The second kappa shape index (κ2) is 10.2. The minimum Gasteiger partial charge on any atom is -0.379 e. The smallest absolute Gasteiger partial charge is 0.191 e. The van der Waals surface area contributed by atoms with Crippen LogP contribution in [0.4, 0.5) is 0 Å². The summed E-state index contributed by atoms with van der Waals surface area (Å²) in [7, 11) is 0. The molecule has 0 aliphatic carbocycles. The normalized spacial score (nSPS) is 13.3. The molecule has 0 amide bonds. The van der Waals surface area contributed by atoms with Gasteiger partial charge in [-0.15, -0.1) is 0 Å². The molecule has 1 aromatic rings. The summed E-state index contributed by atoms with van der Waals surface area (Å²) < 4.78 is 5.52. The second-order valence-electron chi connectivity index (χ2n) is 5.31. The first-order valence-electron chi connectivity index (χ1n) is 7.84. The molecular weight excluding hydrogens is 262 g/mol. The van der Waals surface area contributed by atoms with Crippen molar-refractivity contribution < 1.29 is 4.74 Å². The molecule has 4 heteroatoms. The Morgan fingerprint density at radius 1 is 1.19 bits per heavy atom. The van der Waals surface area contributed by atoms with Crippen LogP contribution >= 0.6 is 0 Å². The van der Waals surface area contributed by atoms with Gasteiger partial charge in [0.1, 0.15) is 0 Å². The van der Waals surface area contributed by atoms with Crippen LogP contribution < -0.4 is 10.6 Å². The lowest BCUT2D eigenvalue weighted by Crippen LogP contribution is -2.38. The maximum absolute atomic E-state index is 5.52. The predicted molar refractivity (Wildman–Crippen MR) is 89.7 cm³/mol. The van der Waals surface area contributed by atoms with Gasteiger partial charge >= 0.3 is 0 Å². The van der Waals surface area contributed by atoms with Crippen LogP contribution in [0.15, 0.2) is 35.3 Å². The van der Waals surface area contributed by atoms with Crippen LogP contribution in [0.25, 0.3) is 0 Å². The number of ether oxygens (including phenoxy) is 1. The quantitative estimate of drug-likeness (QED) is 0.439. The lowest BCUT2D eigenvalue weighted by atomic mass is 10.1. The molecule has 0 saturated heterocycles. The number of benzene rings is 1. The highest BCUT2D eigenvalue weighted by Crippen LogP contribution is 2.10. The van der Waals surface area contributed by atoms with Gasteiger partial charge in [-0.25, -0.2) is 0 Å². The van der Waals surface area contributed by atoms with Gasteiger partial charge in [0.15, 0.2) is 5.96 Å². The lowest BCUT2D eigenvalue weighted by molar-refractivity contribution is 0.0782. The molecule has 1 rings (SSSR count). The first-order chi connectivity index (χ1) is 10.1. The van der Waals surface area contributed by atoms with Crippen LogP contribution in [0.5, 0.6) is 0 Å². The Morgan fingerprint density at radius 2 is 1.90 bits per heavy atom. The van der Waals surface area contributed by atoms with E-state index >= 15 is 0 Å². The average Bonchev–Trinajstić information content (AvgIpc) is 2.47. The number of aliphatic imine (C=N–C) groups is 1. The van der Waals surface area contributed by atoms with E-state index in [-0.39, 0.29) is 6.04 Å². The van der Waals surface area contributed by atoms with Gasteiger partial charge in [-0.05, 0) is 39.7 Å². The fourth-order valence-electron chi connectivity index (χ4n) is 1.92. The number of guanidine groups is 1. The molecule has 118 valence electrons. The minimum atomic E-state index is 0.232. The Balaban J connectivity index is 2.44. The zero-order valence-electron chi connectivity index (χ0n) is 13.7.